The minimum Gasteiger partial charge on any atom is -0.344 e. The number of rotatable bonds is 8. The Kier molecular flexibility index (Phi) is 8.31. The van der Waals surface area contributed by atoms with E-state index in [0.717, 1.165) is 37.3 Å². The van der Waals surface area contributed by atoms with Gasteiger partial charge in [-0.3, -0.25) is 19.4 Å². The van der Waals surface area contributed by atoms with Crippen LogP contribution in [0.1, 0.15) is 17.2 Å². The van der Waals surface area contributed by atoms with Crippen molar-refractivity contribution in [1.29, 1.82) is 0 Å². The van der Waals surface area contributed by atoms with Gasteiger partial charge < -0.3 is 10.6 Å². The number of nitrogens with one attached hydrogen (secondary N) is 2. The Morgan fingerprint density at radius 2 is 1.18 bits per heavy atom. The van der Waals surface area contributed by atoms with Crippen molar-refractivity contribution in [2.75, 3.05) is 44.6 Å². The Morgan fingerprint density at radius 1 is 0.706 bits per heavy atom. The molecule has 0 bridgehead atoms. The molecule has 1 saturated heterocycles. The van der Waals surface area contributed by atoms with E-state index in [-0.39, 0.29) is 17.9 Å². The first-order valence-corrected chi connectivity index (χ1v) is 11.8. The Hall–Kier alpha value is -3.19. The van der Waals surface area contributed by atoms with Gasteiger partial charge in [0.05, 0.1) is 29.8 Å². The summed E-state index contributed by atoms with van der Waals surface area (Å²) in [5.41, 5.74) is 2.73. The third-order valence-corrected chi connectivity index (χ3v) is 6.25. The maximum atomic E-state index is 12.9. The molecule has 7 heteroatoms. The average molecular weight is 477 g/mol. The number of carbonyl (C=O) groups is 2. The molecule has 2 amide bonds. The van der Waals surface area contributed by atoms with Crippen molar-refractivity contribution < 1.29 is 9.59 Å². The number of benzene rings is 3. The van der Waals surface area contributed by atoms with Crippen molar-refractivity contribution in [3.05, 3.63) is 101 Å². The Morgan fingerprint density at radius 3 is 1.71 bits per heavy atom. The highest BCUT2D eigenvalue weighted by molar-refractivity contribution is 6.33. The predicted molar refractivity (Wildman–Crippen MR) is 136 cm³/mol. The second-order valence-corrected chi connectivity index (χ2v) is 8.81. The lowest BCUT2D eigenvalue weighted by molar-refractivity contribution is -0.124. The summed E-state index contributed by atoms with van der Waals surface area (Å²) in [6.45, 7) is 3.54. The van der Waals surface area contributed by atoms with Gasteiger partial charge in [-0.2, -0.15) is 0 Å². The minimum atomic E-state index is -0.190. The summed E-state index contributed by atoms with van der Waals surface area (Å²) in [5.74, 6) is -0.101. The number of para-hydroxylation sites is 1. The molecule has 2 N–H and O–H groups in total. The highest BCUT2D eigenvalue weighted by atomic mass is 35.5. The van der Waals surface area contributed by atoms with E-state index in [1.165, 1.54) is 0 Å². The van der Waals surface area contributed by atoms with Crippen molar-refractivity contribution in [1.82, 2.24) is 15.1 Å². The zero-order valence-corrected chi connectivity index (χ0v) is 19.7. The number of hydrogen-bond acceptors (Lipinski definition) is 4. The molecule has 6 nitrogen and oxygen atoms in total. The van der Waals surface area contributed by atoms with E-state index >= 15 is 0 Å². The fourth-order valence-corrected chi connectivity index (χ4v) is 4.30. The summed E-state index contributed by atoms with van der Waals surface area (Å²) in [5, 5.41) is 6.59. The largest absolute Gasteiger partial charge is 0.344 e. The average Bonchev–Trinajstić information content (AvgIpc) is 2.86. The quantitative estimate of drug-likeness (QED) is 0.519. The molecule has 0 aliphatic carbocycles. The zero-order valence-electron chi connectivity index (χ0n) is 19.0. The molecule has 0 aromatic heterocycles. The monoisotopic (exact) mass is 476 g/mol. The first-order valence-electron chi connectivity index (χ1n) is 11.5. The Labute approximate surface area is 205 Å². The number of carbonyl (C=O) groups excluding carboxylic acids is 2. The van der Waals surface area contributed by atoms with E-state index in [9.17, 15) is 9.59 Å². The molecular formula is C27H29ClN4O2. The van der Waals surface area contributed by atoms with Crippen LogP contribution in [0.2, 0.25) is 5.02 Å². The maximum Gasteiger partial charge on any atom is 0.238 e. The smallest absolute Gasteiger partial charge is 0.238 e. The Balaban J connectivity index is 1.27. The molecule has 0 saturated carbocycles. The van der Waals surface area contributed by atoms with Crippen LogP contribution in [0.25, 0.3) is 0 Å². The second-order valence-electron chi connectivity index (χ2n) is 8.40. The van der Waals surface area contributed by atoms with Crippen LogP contribution in [0.3, 0.4) is 0 Å². The number of piperazine rings is 1. The van der Waals surface area contributed by atoms with Crippen LogP contribution in [-0.2, 0) is 9.59 Å². The van der Waals surface area contributed by atoms with Gasteiger partial charge in [-0.25, -0.2) is 0 Å². The van der Waals surface area contributed by atoms with Crippen LogP contribution in [0, 0.1) is 0 Å². The molecule has 1 aliphatic heterocycles. The summed E-state index contributed by atoms with van der Waals surface area (Å²) in [6.07, 6.45) is 0. The molecule has 1 aliphatic rings. The number of hydrogen-bond donors (Lipinski definition) is 2. The summed E-state index contributed by atoms with van der Waals surface area (Å²) < 4.78 is 0. The fraction of sp³-hybridized carbons (Fsp3) is 0.259. The van der Waals surface area contributed by atoms with Gasteiger partial charge in [-0.1, -0.05) is 84.4 Å². The lowest BCUT2D eigenvalue weighted by Crippen LogP contribution is -2.51. The highest BCUT2D eigenvalue weighted by Crippen LogP contribution is 2.22. The number of amides is 2. The summed E-state index contributed by atoms with van der Waals surface area (Å²) >= 11 is 6.12. The molecular weight excluding hydrogens is 448 g/mol. The first-order chi connectivity index (χ1) is 16.6. The van der Waals surface area contributed by atoms with E-state index in [1.54, 1.807) is 12.1 Å². The normalized spacial score (nSPS) is 14.6. The lowest BCUT2D eigenvalue weighted by Gasteiger charge is -2.34. The fourth-order valence-electron chi connectivity index (χ4n) is 4.12. The molecule has 3 aromatic rings. The highest BCUT2D eigenvalue weighted by Gasteiger charge is 2.23. The van der Waals surface area contributed by atoms with Gasteiger partial charge >= 0.3 is 0 Å². The molecule has 0 atom stereocenters. The molecule has 0 unspecified atom stereocenters. The second kappa shape index (κ2) is 11.8. The van der Waals surface area contributed by atoms with Crippen LogP contribution in [0.5, 0.6) is 0 Å². The summed E-state index contributed by atoms with van der Waals surface area (Å²) in [4.78, 5) is 29.5. The minimum absolute atomic E-state index is 0.0115. The van der Waals surface area contributed by atoms with Crippen LogP contribution in [0.4, 0.5) is 5.69 Å². The number of halogens is 1. The van der Waals surface area contributed by atoms with Gasteiger partial charge in [-0.05, 0) is 23.3 Å². The van der Waals surface area contributed by atoms with Crippen molar-refractivity contribution in [2.45, 2.75) is 6.04 Å². The Bertz CT molecular complexity index is 1050. The van der Waals surface area contributed by atoms with E-state index in [4.69, 9.17) is 11.6 Å². The van der Waals surface area contributed by atoms with Crippen molar-refractivity contribution in [3.8, 4) is 0 Å². The van der Waals surface area contributed by atoms with Crippen molar-refractivity contribution in [3.63, 3.8) is 0 Å². The third kappa shape index (κ3) is 6.67. The van der Waals surface area contributed by atoms with Crippen LogP contribution >= 0.6 is 11.6 Å². The van der Waals surface area contributed by atoms with E-state index in [2.05, 4.69) is 20.4 Å². The van der Waals surface area contributed by atoms with Gasteiger partial charge in [0.25, 0.3) is 0 Å². The lowest BCUT2D eigenvalue weighted by atomic mass is 9.99. The van der Waals surface area contributed by atoms with Crippen molar-refractivity contribution >= 4 is 29.1 Å². The SMILES string of the molecule is O=C(CN1CCN(CC(=O)NC(c2ccccc2)c2ccccc2)CC1)Nc1ccccc1Cl. The third-order valence-electron chi connectivity index (χ3n) is 5.92. The van der Waals surface area contributed by atoms with Crippen molar-refractivity contribution in [2.24, 2.45) is 0 Å². The topological polar surface area (TPSA) is 64.7 Å². The summed E-state index contributed by atoms with van der Waals surface area (Å²) in [6, 6.07) is 27.0. The molecule has 176 valence electrons. The van der Waals surface area contributed by atoms with Gasteiger partial charge in [0.2, 0.25) is 11.8 Å². The molecule has 1 fully saturated rings. The van der Waals surface area contributed by atoms with Crippen LogP contribution in [-0.4, -0.2) is 60.9 Å². The first kappa shape index (κ1) is 24.0. The van der Waals surface area contributed by atoms with E-state index in [0.29, 0.717) is 23.8 Å². The molecule has 0 spiro atoms. The van der Waals surface area contributed by atoms with Gasteiger partial charge in [0.1, 0.15) is 0 Å². The summed E-state index contributed by atoms with van der Waals surface area (Å²) in [7, 11) is 0. The van der Waals surface area contributed by atoms with Gasteiger partial charge in [-0.15, -0.1) is 0 Å². The maximum absolute atomic E-state index is 12.9. The van der Waals surface area contributed by atoms with Crippen LogP contribution in [0.15, 0.2) is 84.9 Å². The van der Waals surface area contributed by atoms with E-state index in [1.807, 2.05) is 72.8 Å². The zero-order chi connectivity index (χ0) is 23.8. The van der Waals surface area contributed by atoms with Gasteiger partial charge in [0, 0.05) is 26.2 Å². The van der Waals surface area contributed by atoms with Gasteiger partial charge in [0.15, 0.2) is 0 Å². The molecule has 0 radical (unpaired) electrons. The molecule has 1 heterocycles. The standard InChI is InChI=1S/C27H29ClN4O2/c28-23-13-7-8-14-24(23)29-25(33)19-31-15-17-32(18-16-31)20-26(34)30-27(21-9-3-1-4-10-21)22-11-5-2-6-12-22/h1-14,27H,15-20H2,(H,29,33)(H,30,34). The van der Waals surface area contributed by atoms with Crippen LogP contribution < -0.4 is 10.6 Å². The molecule has 3 aromatic carbocycles. The molecule has 34 heavy (non-hydrogen) atoms. The number of nitrogens with zero attached hydrogens (tertiary/aromatic N) is 2. The predicted octanol–water partition coefficient (Wildman–Crippen LogP) is 3.80. The van der Waals surface area contributed by atoms with E-state index < -0.39 is 0 Å². The molecule has 4 rings (SSSR count). The number of anilines is 1.